The number of nitro benzene ring substituents is 1. The van der Waals surface area contributed by atoms with Gasteiger partial charge in [0.05, 0.1) is 11.5 Å². The molecule has 0 spiro atoms. The molecule has 0 radical (unpaired) electrons. The second-order valence-corrected chi connectivity index (χ2v) is 2.53. The summed E-state index contributed by atoms with van der Waals surface area (Å²) in [6.07, 6.45) is 0. The van der Waals surface area contributed by atoms with Crippen LogP contribution in [0.4, 0.5) is 5.69 Å². The molecule has 0 aliphatic heterocycles. The van der Waals surface area contributed by atoms with Gasteiger partial charge in [-0.2, -0.15) is 0 Å². The summed E-state index contributed by atoms with van der Waals surface area (Å²) in [6.45, 7) is 5.66. The van der Waals surface area contributed by atoms with Crippen LogP contribution in [0, 0.1) is 17.0 Å². The van der Waals surface area contributed by atoms with Crippen LogP contribution in [0.5, 0.6) is 0 Å². The topological polar surface area (TPSA) is 63.4 Å². The molecule has 0 saturated heterocycles. The first kappa shape index (κ1) is 12.6. The van der Waals surface area contributed by atoms with Gasteiger partial charge in [-0.3, -0.25) is 10.1 Å². The van der Waals surface area contributed by atoms with E-state index < -0.39 is 4.92 Å². The van der Waals surface area contributed by atoms with E-state index in [9.17, 15) is 10.1 Å². The van der Waals surface area contributed by atoms with Gasteiger partial charge in [0, 0.05) is 12.1 Å². The fourth-order valence-electron chi connectivity index (χ4n) is 0.971. The summed E-state index contributed by atoms with van der Waals surface area (Å²) in [5.74, 6) is 0. The molecule has 14 heavy (non-hydrogen) atoms. The molecule has 1 rings (SSSR count). The van der Waals surface area contributed by atoms with Crippen molar-refractivity contribution < 1.29 is 10.0 Å². The van der Waals surface area contributed by atoms with Crippen molar-refractivity contribution in [2.75, 3.05) is 0 Å². The number of non-ortho nitro benzene ring substituents is 1. The molecule has 0 bridgehead atoms. The van der Waals surface area contributed by atoms with Gasteiger partial charge >= 0.3 is 0 Å². The zero-order chi connectivity index (χ0) is 11.1. The molecular formula is C10H15NO3. The largest absolute Gasteiger partial charge is 0.392 e. The molecular weight excluding hydrogens is 182 g/mol. The second-order valence-electron chi connectivity index (χ2n) is 2.53. The van der Waals surface area contributed by atoms with E-state index in [-0.39, 0.29) is 12.3 Å². The van der Waals surface area contributed by atoms with E-state index in [1.807, 2.05) is 13.8 Å². The molecule has 1 aromatic carbocycles. The molecule has 0 aliphatic carbocycles. The maximum Gasteiger partial charge on any atom is 0.269 e. The van der Waals surface area contributed by atoms with Crippen LogP contribution in [0.3, 0.4) is 0 Å². The fraction of sp³-hybridized carbons (Fsp3) is 0.400. The molecule has 4 heteroatoms. The third-order valence-corrected chi connectivity index (χ3v) is 1.71. The summed E-state index contributed by atoms with van der Waals surface area (Å²) in [5.41, 5.74) is 1.53. The summed E-state index contributed by atoms with van der Waals surface area (Å²) < 4.78 is 0. The van der Waals surface area contributed by atoms with Crippen LogP contribution in [0.2, 0.25) is 0 Å². The van der Waals surface area contributed by atoms with Crippen molar-refractivity contribution in [3.8, 4) is 0 Å². The number of hydrogen-bond acceptors (Lipinski definition) is 3. The second kappa shape index (κ2) is 6.10. The third-order valence-electron chi connectivity index (χ3n) is 1.71. The van der Waals surface area contributed by atoms with Crippen molar-refractivity contribution in [2.24, 2.45) is 0 Å². The number of nitrogens with zero attached hydrogens (tertiary/aromatic N) is 1. The first-order valence-electron chi connectivity index (χ1n) is 4.50. The van der Waals surface area contributed by atoms with Gasteiger partial charge in [0.1, 0.15) is 0 Å². The van der Waals surface area contributed by atoms with E-state index in [0.29, 0.717) is 0 Å². The highest BCUT2D eigenvalue weighted by molar-refractivity contribution is 5.38. The lowest BCUT2D eigenvalue weighted by atomic mass is 10.1. The molecule has 1 N–H and O–H groups in total. The highest BCUT2D eigenvalue weighted by atomic mass is 16.6. The Bertz CT molecular complexity index is 310. The molecule has 0 aliphatic rings. The maximum absolute atomic E-state index is 10.3. The van der Waals surface area contributed by atoms with Crippen LogP contribution < -0.4 is 0 Å². The Morgan fingerprint density at radius 1 is 1.43 bits per heavy atom. The van der Waals surface area contributed by atoms with E-state index in [1.165, 1.54) is 12.1 Å². The summed E-state index contributed by atoms with van der Waals surface area (Å²) in [4.78, 5) is 9.85. The van der Waals surface area contributed by atoms with Crippen molar-refractivity contribution in [1.29, 1.82) is 0 Å². The Morgan fingerprint density at radius 3 is 2.36 bits per heavy atom. The van der Waals surface area contributed by atoms with Gasteiger partial charge in [0.15, 0.2) is 0 Å². The third kappa shape index (κ3) is 3.14. The van der Waals surface area contributed by atoms with Gasteiger partial charge in [-0.25, -0.2) is 0 Å². The van der Waals surface area contributed by atoms with Crippen LogP contribution in [-0.4, -0.2) is 10.0 Å². The molecule has 0 amide bonds. The Morgan fingerprint density at radius 2 is 2.00 bits per heavy atom. The van der Waals surface area contributed by atoms with Crippen molar-refractivity contribution in [2.45, 2.75) is 27.4 Å². The summed E-state index contributed by atoms with van der Waals surface area (Å²) in [7, 11) is 0. The predicted octanol–water partition coefficient (Wildman–Crippen LogP) is 2.42. The monoisotopic (exact) mass is 197 g/mol. The Labute approximate surface area is 83.3 Å². The van der Waals surface area contributed by atoms with Gasteiger partial charge < -0.3 is 5.11 Å². The molecule has 4 nitrogen and oxygen atoms in total. The van der Waals surface area contributed by atoms with Gasteiger partial charge in [-0.1, -0.05) is 13.8 Å². The number of benzene rings is 1. The van der Waals surface area contributed by atoms with Crippen LogP contribution in [0.25, 0.3) is 0 Å². The van der Waals surface area contributed by atoms with Crippen LogP contribution in [-0.2, 0) is 6.61 Å². The smallest absolute Gasteiger partial charge is 0.269 e. The van der Waals surface area contributed by atoms with E-state index in [4.69, 9.17) is 5.11 Å². The average molecular weight is 197 g/mol. The Balaban J connectivity index is 0.000000791. The SMILES string of the molecule is CC.Cc1cc([N+](=O)[O-])ccc1CO. The van der Waals surface area contributed by atoms with Crippen LogP contribution in [0.15, 0.2) is 18.2 Å². The minimum absolute atomic E-state index is 0.0599. The average Bonchev–Trinajstić information content (AvgIpc) is 2.20. The zero-order valence-corrected chi connectivity index (χ0v) is 8.65. The number of nitro groups is 1. The first-order valence-corrected chi connectivity index (χ1v) is 4.50. The molecule has 0 unspecified atom stereocenters. The highest BCUT2D eigenvalue weighted by Crippen LogP contribution is 2.16. The van der Waals surface area contributed by atoms with E-state index in [1.54, 1.807) is 13.0 Å². The highest BCUT2D eigenvalue weighted by Gasteiger charge is 2.06. The summed E-state index contributed by atoms with van der Waals surface area (Å²) in [6, 6.07) is 4.40. The van der Waals surface area contributed by atoms with Crippen LogP contribution >= 0.6 is 0 Å². The molecule has 0 atom stereocenters. The van der Waals surface area contributed by atoms with Gasteiger partial charge in [0.2, 0.25) is 0 Å². The van der Waals surface area contributed by atoms with E-state index >= 15 is 0 Å². The van der Waals surface area contributed by atoms with Gasteiger partial charge in [0.25, 0.3) is 5.69 Å². The molecule has 0 saturated carbocycles. The van der Waals surface area contributed by atoms with Crippen molar-refractivity contribution >= 4 is 5.69 Å². The lowest BCUT2D eigenvalue weighted by Gasteiger charge is -2.00. The zero-order valence-electron chi connectivity index (χ0n) is 8.65. The lowest BCUT2D eigenvalue weighted by Crippen LogP contribution is -1.92. The van der Waals surface area contributed by atoms with Gasteiger partial charge in [-0.05, 0) is 24.1 Å². The Hall–Kier alpha value is -1.42. The summed E-state index contributed by atoms with van der Waals surface area (Å²) >= 11 is 0. The number of hydrogen-bond donors (Lipinski definition) is 1. The minimum atomic E-state index is -0.450. The number of rotatable bonds is 2. The van der Waals surface area contributed by atoms with E-state index in [0.717, 1.165) is 11.1 Å². The minimum Gasteiger partial charge on any atom is -0.392 e. The van der Waals surface area contributed by atoms with Crippen molar-refractivity contribution in [1.82, 2.24) is 0 Å². The number of aliphatic hydroxyl groups excluding tert-OH is 1. The maximum atomic E-state index is 10.3. The fourth-order valence-corrected chi connectivity index (χ4v) is 0.971. The number of aryl methyl sites for hydroxylation is 1. The van der Waals surface area contributed by atoms with E-state index in [2.05, 4.69) is 0 Å². The predicted molar refractivity (Wildman–Crippen MR) is 55.1 cm³/mol. The molecule has 0 heterocycles. The quantitative estimate of drug-likeness (QED) is 0.585. The Kier molecular flexibility index (Phi) is 5.48. The summed E-state index contributed by atoms with van der Waals surface area (Å²) in [5, 5.41) is 19.1. The molecule has 0 aromatic heterocycles. The standard InChI is InChI=1S/C8H9NO3.C2H6/c1-6-4-8(9(11)12)3-2-7(6)5-10;1-2/h2-4,10H,5H2,1H3;1-2H3. The van der Waals surface area contributed by atoms with Crippen molar-refractivity contribution in [3.63, 3.8) is 0 Å². The molecule has 0 fully saturated rings. The normalized spacial score (nSPS) is 8.86. The molecule has 78 valence electrons. The lowest BCUT2D eigenvalue weighted by molar-refractivity contribution is -0.384. The number of aliphatic hydroxyl groups is 1. The van der Waals surface area contributed by atoms with Gasteiger partial charge in [-0.15, -0.1) is 0 Å². The molecule has 1 aromatic rings. The van der Waals surface area contributed by atoms with Crippen LogP contribution in [0.1, 0.15) is 25.0 Å². The van der Waals surface area contributed by atoms with Crippen molar-refractivity contribution in [3.05, 3.63) is 39.4 Å². The first-order chi connectivity index (χ1) is 6.65.